The summed E-state index contributed by atoms with van der Waals surface area (Å²) in [6, 6.07) is 7.69. The molecule has 1 saturated heterocycles. The Morgan fingerprint density at radius 2 is 1.78 bits per heavy atom. The molecule has 0 radical (unpaired) electrons. The lowest BCUT2D eigenvalue weighted by Crippen LogP contribution is -2.49. The van der Waals surface area contributed by atoms with Crippen LogP contribution < -0.4 is 4.74 Å². The summed E-state index contributed by atoms with van der Waals surface area (Å²) in [4.78, 5) is 14.5. The van der Waals surface area contributed by atoms with E-state index in [0.717, 1.165) is 12.0 Å². The molecule has 1 saturated carbocycles. The van der Waals surface area contributed by atoms with Crippen LogP contribution in [0, 0.1) is 17.3 Å². The van der Waals surface area contributed by atoms with Crippen LogP contribution in [-0.2, 0) is 10.3 Å². The van der Waals surface area contributed by atoms with Crippen molar-refractivity contribution in [3.8, 4) is 5.75 Å². The number of fused-ring (bicyclic) bond motifs is 1. The zero-order chi connectivity index (χ0) is 20.0. The van der Waals surface area contributed by atoms with Crippen molar-refractivity contribution in [2.75, 3.05) is 20.2 Å². The van der Waals surface area contributed by atoms with E-state index in [9.17, 15) is 9.90 Å². The number of hydrogen-bond donors (Lipinski definition) is 1. The summed E-state index contributed by atoms with van der Waals surface area (Å²) in [6.45, 7) is 11.2. The molecule has 1 aliphatic carbocycles. The molecule has 2 aliphatic rings. The topological polar surface area (TPSA) is 59.0 Å². The fraction of sp³-hybridized carbons (Fsp3) is 0.682. The summed E-state index contributed by atoms with van der Waals surface area (Å²) in [7, 11) is 1.63. The molecule has 1 amide bonds. The van der Waals surface area contributed by atoms with E-state index in [1.54, 1.807) is 12.0 Å². The highest BCUT2D eigenvalue weighted by Gasteiger charge is 2.57. The number of hydrogen-bond acceptors (Lipinski definition) is 4. The van der Waals surface area contributed by atoms with Gasteiger partial charge in [0.2, 0.25) is 0 Å². The maximum Gasteiger partial charge on any atom is 0.410 e. The molecule has 0 spiro atoms. The quantitative estimate of drug-likeness (QED) is 0.842. The van der Waals surface area contributed by atoms with Crippen LogP contribution in [0.25, 0.3) is 0 Å². The minimum Gasteiger partial charge on any atom is -0.496 e. The van der Waals surface area contributed by atoms with Crippen molar-refractivity contribution in [3.05, 3.63) is 29.8 Å². The Kier molecular flexibility index (Phi) is 4.96. The van der Waals surface area contributed by atoms with Crippen molar-refractivity contribution in [1.29, 1.82) is 0 Å². The van der Waals surface area contributed by atoms with Crippen LogP contribution >= 0.6 is 0 Å². The van der Waals surface area contributed by atoms with E-state index in [1.165, 1.54) is 0 Å². The second kappa shape index (κ2) is 6.69. The molecule has 1 unspecified atom stereocenters. The highest BCUT2D eigenvalue weighted by Crippen LogP contribution is 2.56. The fourth-order valence-electron chi connectivity index (χ4n) is 4.78. The molecule has 0 bridgehead atoms. The van der Waals surface area contributed by atoms with Crippen molar-refractivity contribution in [3.63, 3.8) is 0 Å². The van der Waals surface area contributed by atoms with Crippen LogP contribution in [0.3, 0.4) is 0 Å². The number of carbonyl (C=O) groups is 1. The monoisotopic (exact) mass is 375 g/mol. The summed E-state index contributed by atoms with van der Waals surface area (Å²) in [5.74, 6) is 0.855. The van der Waals surface area contributed by atoms with Crippen LogP contribution in [0.1, 0.15) is 53.0 Å². The van der Waals surface area contributed by atoms with Gasteiger partial charge in [-0.05, 0) is 51.0 Å². The van der Waals surface area contributed by atoms with Crippen LogP contribution in [-0.4, -0.2) is 41.9 Å². The highest BCUT2D eigenvalue weighted by molar-refractivity contribution is 5.68. The number of aliphatic hydroxyl groups is 1. The Morgan fingerprint density at radius 3 is 2.41 bits per heavy atom. The molecule has 5 heteroatoms. The Morgan fingerprint density at radius 1 is 1.15 bits per heavy atom. The number of amides is 1. The SMILES string of the molecule is COc1ccccc1C1(O)CCC(C)(C)[C@@H]2CN(C(=O)OC(C)(C)C)C[C@@H]21. The van der Waals surface area contributed by atoms with E-state index in [2.05, 4.69) is 13.8 Å². The number of para-hydroxylation sites is 1. The number of likely N-dealkylation sites (tertiary alicyclic amines) is 1. The highest BCUT2D eigenvalue weighted by atomic mass is 16.6. The normalized spacial score (nSPS) is 30.0. The minimum absolute atomic E-state index is 0.0509. The van der Waals surface area contributed by atoms with E-state index in [1.807, 2.05) is 45.0 Å². The van der Waals surface area contributed by atoms with Crippen LogP contribution in [0.4, 0.5) is 4.79 Å². The lowest BCUT2D eigenvalue weighted by atomic mass is 9.57. The zero-order valence-corrected chi connectivity index (χ0v) is 17.4. The molecule has 1 N–H and O–H groups in total. The fourth-order valence-corrected chi connectivity index (χ4v) is 4.78. The smallest absolute Gasteiger partial charge is 0.410 e. The van der Waals surface area contributed by atoms with Crippen molar-refractivity contribution in [2.45, 2.75) is 58.7 Å². The van der Waals surface area contributed by atoms with Crippen molar-refractivity contribution >= 4 is 6.09 Å². The summed E-state index contributed by atoms with van der Waals surface area (Å²) >= 11 is 0. The first-order valence-corrected chi connectivity index (χ1v) is 9.82. The summed E-state index contributed by atoms with van der Waals surface area (Å²) in [5, 5.41) is 11.8. The van der Waals surface area contributed by atoms with Gasteiger partial charge in [-0.1, -0.05) is 32.0 Å². The predicted molar refractivity (Wildman–Crippen MR) is 105 cm³/mol. The summed E-state index contributed by atoms with van der Waals surface area (Å²) in [6.07, 6.45) is 1.25. The molecule has 5 nitrogen and oxygen atoms in total. The van der Waals surface area contributed by atoms with Gasteiger partial charge in [-0.15, -0.1) is 0 Å². The minimum atomic E-state index is -1.01. The van der Waals surface area contributed by atoms with Crippen LogP contribution in [0.2, 0.25) is 0 Å². The Hall–Kier alpha value is -1.75. The van der Waals surface area contributed by atoms with Crippen molar-refractivity contribution in [1.82, 2.24) is 4.90 Å². The maximum atomic E-state index is 12.7. The van der Waals surface area contributed by atoms with Crippen molar-refractivity contribution < 1.29 is 19.4 Å². The van der Waals surface area contributed by atoms with E-state index in [0.29, 0.717) is 25.3 Å². The first-order chi connectivity index (χ1) is 12.5. The molecule has 3 atom stereocenters. The molecule has 1 heterocycles. The number of carbonyl (C=O) groups excluding carboxylic acids is 1. The second-order valence-corrected chi connectivity index (χ2v) is 9.71. The third-order valence-electron chi connectivity index (χ3n) is 6.31. The van der Waals surface area contributed by atoms with Gasteiger partial charge in [0.15, 0.2) is 0 Å². The largest absolute Gasteiger partial charge is 0.496 e. The first-order valence-electron chi connectivity index (χ1n) is 9.82. The van der Waals surface area contributed by atoms with Gasteiger partial charge in [0.05, 0.1) is 12.7 Å². The number of ether oxygens (including phenoxy) is 2. The standard InChI is InChI=1S/C22H33NO4/c1-20(2,3)27-19(24)23-13-16-17(14-23)22(25,12-11-21(16,4)5)15-9-7-8-10-18(15)26-6/h7-10,16-17,25H,11-14H2,1-6H3/t16-,17+,22?/m1/s1. The van der Waals surface area contributed by atoms with Gasteiger partial charge >= 0.3 is 6.09 Å². The molecule has 1 aromatic rings. The van der Waals surface area contributed by atoms with E-state index < -0.39 is 11.2 Å². The van der Waals surface area contributed by atoms with Gasteiger partial charge in [-0.3, -0.25) is 0 Å². The van der Waals surface area contributed by atoms with Crippen LogP contribution in [0.15, 0.2) is 24.3 Å². The molecule has 2 fully saturated rings. The van der Waals surface area contributed by atoms with E-state index in [4.69, 9.17) is 9.47 Å². The Labute approximate surface area is 162 Å². The molecule has 1 aliphatic heterocycles. The van der Waals surface area contributed by atoms with Gasteiger partial charge in [-0.2, -0.15) is 0 Å². The number of methoxy groups -OCH3 is 1. The summed E-state index contributed by atoms with van der Waals surface area (Å²) < 4.78 is 11.1. The van der Waals surface area contributed by atoms with Gasteiger partial charge in [-0.25, -0.2) is 4.79 Å². The molecule has 27 heavy (non-hydrogen) atoms. The number of benzene rings is 1. The average molecular weight is 376 g/mol. The second-order valence-electron chi connectivity index (χ2n) is 9.71. The Bertz CT molecular complexity index is 709. The van der Waals surface area contributed by atoms with Gasteiger partial charge in [0.25, 0.3) is 0 Å². The van der Waals surface area contributed by atoms with Crippen molar-refractivity contribution in [2.24, 2.45) is 17.3 Å². The zero-order valence-electron chi connectivity index (χ0n) is 17.4. The van der Waals surface area contributed by atoms with Gasteiger partial charge in [0.1, 0.15) is 11.4 Å². The van der Waals surface area contributed by atoms with E-state index in [-0.39, 0.29) is 23.3 Å². The molecular weight excluding hydrogens is 342 g/mol. The maximum absolute atomic E-state index is 12.7. The first kappa shape index (κ1) is 20.0. The van der Waals surface area contributed by atoms with Gasteiger partial charge < -0.3 is 19.5 Å². The third-order valence-corrected chi connectivity index (χ3v) is 6.31. The third kappa shape index (κ3) is 3.66. The molecular formula is C22H33NO4. The molecule has 3 rings (SSSR count). The molecule has 150 valence electrons. The van der Waals surface area contributed by atoms with Gasteiger partial charge in [0, 0.05) is 24.6 Å². The van der Waals surface area contributed by atoms with E-state index >= 15 is 0 Å². The average Bonchev–Trinajstić information content (AvgIpc) is 3.05. The molecule has 1 aromatic carbocycles. The Balaban J connectivity index is 1.95. The van der Waals surface area contributed by atoms with Crippen LogP contribution in [0.5, 0.6) is 5.75 Å². The predicted octanol–water partition coefficient (Wildman–Crippen LogP) is 4.19. The summed E-state index contributed by atoms with van der Waals surface area (Å²) in [5.41, 5.74) is -0.664. The molecule has 0 aromatic heterocycles. The number of nitrogens with zero attached hydrogens (tertiary/aromatic N) is 1. The lowest BCUT2D eigenvalue weighted by Gasteiger charge is -2.49. The lowest BCUT2D eigenvalue weighted by molar-refractivity contribution is -0.103. The number of rotatable bonds is 2.